The number of carbonyl (C=O) groups is 2. The van der Waals surface area contributed by atoms with Crippen LogP contribution in [0.25, 0.3) is 16.7 Å². The van der Waals surface area contributed by atoms with Crippen molar-refractivity contribution in [2.45, 2.75) is 82.1 Å². The van der Waals surface area contributed by atoms with Crippen molar-refractivity contribution in [3.63, 3.8) is 0 Å². The van der Waals surface area contributed by atoms with Crippen molar-refractivity contribution >= 4 is 51.8 Å². The first kappa shape index (κ1) is 43.1. The summed E-state index contributed by atoms with van der Waals surface area (Å²) in [6, 6.07) is 15.7. The molecule has 2 N–H and O–H groups in total. The zero-order chi connectivity index (χ0) is 45.7. The molecule has 10 rings (SSSR count). The lowest BCUT2D eigenvalue weighted by Crippen LogP contribution is -2.68. The summed E-state index contributed by atoms with van der Waals surface area (Å²) in [7, 11) is 8.10. The van der Waals surface area contributed by atoms with Gasteiger partial charge in [0.05, 0.1) is 28.6 Å². The van der Waals surface area contributed by atoms with Crippen LogP contribution < -0.4 is 39.9 Å². The molecule has 1 aliphatic carbocycles. The summed E-state index contributed by atoms with van der Waals surface area (Å²) >= 11 is 0. The third-order valence-corrected chi connectivity index (χ3v) is 14.8. The molecule has 0 radical (unpaired) electrons. The SMILES string of the molecule is COC(CN1CC(C)(N(C)c2cc3c(cc2C2=CCC(F)(F)CC2)OCC2=NNC(=O)[C@@H](C)N23)C1)c1ccccc1-c1cc2c(cc1N(C)C1(C)CN(C)C1)N1C(=NNC(=O)[C@H]1C)CO2. The lowest BCUT2D eigenvalue weighted by Gasteiger charge is -2.55. The molecule has 3 aromatic carbocycles. The minimum absolute atomic E-state index is 0.126. The average molecular weight is 893 g/mol. The van der Waals surface area contributed by atoms with Crippen molar-refractivity contribution in [2.24, 2.45) is 10.2 Å². The number of hydrogen-bond acceptors (Lipinski definition) is 13. The second-order valence-corrected chi connectivity index (χ2v) is 19.4. The summed E-state index contributed by atoms with van der Waals surface area (Å²) in [6.45, 7) is 12.5. The quantitative estimate of drug-likeness (QED) is 0.262. The van der Waals surface area contributed by atoms with E-state index in [1.54, 1.807) is 13.2 Å². The van der Waals surface area contributed by atoms with Crippen molar-refractivity contribution < 1.29 is 32.6 Å². The maximum absolute atomic E-state index is 14.5. The van der Waals surface area contributed by atoms with Gasteiger partial charge in [0.15, 0.2) is 11.7 Å². The highest BCUT2D eigenvalue weighted by molar-refractivity contribution is 6.11. The summed E-state index contributed by atoms with van der Waals surface area (Å²) < 4.78 is 47.9. The predicted molar refractivity (Wildman–Crippen MR) is 248 cm³/mol. The summed E-state index contributed by atoms with van der Waals surface area (Å²) in [6.07, 6.45) is 1.10. The Kier molecular flexibility index (Phi) is 10.4. The minimum atomic E-state index is -2.74. The highest BCUT2D eigenvalue weighted by atomic mass is 19.3. The lowest BCUT2D eigenvalue weighted by molar-refractivity contribution is -0.123. The number of hydrogen-bond donors (Lipinski definition) is 2. The van der Waals surface area contributed by atoms with E-state index in [-0.39, 0.29) is 61.5 Å². The molecule has 7 aliphatic rings. The highest BCUT2D eigenvalue weighted by Gasteiger charge is 2.47. The van der Waals surface area contributed by atoms with Crippen LogP contribution in [0.3, 0.4) is 0 Å². The normalized spacial score (nSPS) is 24.4. The summed E-state index contributed by atoms with van der Waals surface area (Å²) in [4.78, 5) is 38.9. The fraction of sp³-hybridized carbons (Fsp3) is 0.500. The molecule has 2 fully saturated rings. The van der Waals surface area contributed by atoms with E-state index in [1.807, 2.05) is 35.8 Å². The number of hydrazone groups is 2. The maximum Gasteiger partial charge on any atom is 0.262 e. The van der Waals surface area contributed by atoms with E-state index >= 15 is 0 Å². The number of methoxy groups -OCH3 is 1. The Labute approximate surface area is 378 Å². The molecular weight excluding hydrogens is 835 g/mol. The van der Waals surface area contributed by atoms with Crippen LogP contribution in [-0.2, 0) is 14.3 Å². The summed E-state index contributed by atoms with van der Waals surface area (Å²) in [5, 5.41) is 8.63. The van der Waals surface area contributed by atoms with Crippen molar-refractivity contribution in [3.8, 4) is 22.6 Å². The van der Waals surface area contributed by atoms with Gasteiger partial charge < -0.3 is 38.7 Å². The second kappa shape index (κ2) is 15.7. The number of nitrogens with one attached hydrogen (secondary N) is 2. The number of alkyl halides is 2. The molecule has 0 bridgehead atoms. The Morgan fingerprint density at radius 3 is 1.89 bits per heavy atom. The van der Waals surface area contributed by atoms with Gasteiger partial charge >= 0.3 is 0 Å². The monoisotopic (exact) mass is 892 g/mol. The number of nitrogens with zero attached hydrogens (tertiary/aromatic N) is 8. The number of likely N-dealkylation sites (tertiary alicyclic amines) is 2. The van der Waals surface area contributed by atoms with E-state index in [2.05, 4.69) is 112 Å². The van der Waals surface area contributed by atoms with Crippen LogP contribution in [0.15, 0.2) is 64.8 Å². The van der Waals surface area contributed by atoms with Gasteiger partial charge in [0.1, 0.15) is 36.8 Å². The predicted octanol–water partition coefficient (Wildman–Crippen LogP) is 5.66. The number of carbonyl (C=O) groups excluding carboxylic acids is 2. The number of fused-ring (bicyclic) bond motifs is 6. The third kappa shape index (κ3) is 7.26. The number of amidine groups is 2. The molecule has 0 saturated carbocycles. The highest BCUT2D eigenvalue weighted by Crippen LogP contribution is 2.50. The molecule has 344 valence electrons. The maximum atomic E-state index is 14.5. The number of likely N-dealkylation sites (N-methyl/N-ethyl adjacent to an activating group) is 3. The smallest absolute Gasteiger partial charge is 0.262 e. The van der Waals surface area contributed by atoms with E-state index < -0.39 is 18.0 Å². The summed E-state index contributed by atoms with van der Waals surface area (Å²) in [5.41, 5.74) is 13.0. The molecule has 3 atom stereocenters. The van der Waals surface area contributed by atoms with Gasteiger partial charge in [0, 0.05) is 89.3 Å². The van der Waals surface area contributed by atoms with Crippen LogP contribution in [-0.4, -0.2) is 137 Å². The topological polar surface area (TPSA) is 130 Å². The van der Waals surface area contributed by atoms with Crippen LogP contribution in [0.4, 0.5) is 31.5 Å². The average Bonchev–Trinajstić information content (AvgIpc) is 3.27. The van der Waals surface area contributed by atoms with Gasteiger partial charge in [0.2, 0.25) is 0 Å². The largest absolute Gasteiger partial charge is 0.483 e. The van der Waals surface area contributed by atoms with Crippen molar-refractivity contribution in [3.05, 3.63) is 65.7 Å². The van der Waals surface area contributed by atoms with Gasteiger partial charge in [-0.15, -0.1) is 0 Å². The van der Waals surface area contributed by atoms with Crippen LogP contribution in [0, 0.1) is 0 Å². The molecule has 15 nitrogen and oxygen atoms in total. The molecule has 0 aromatic heterocycles. The third-order valence-electron chi connectivity index (χ3n) is 14.8. The van der Waals surface area contributed by atoms with E-state index in [0.29, 0.717) is 42.8 Å². The Morgan fingerprint density at radius 2 is 1.35 bits per heavy atom. The van der Waals surface area contributed by atoms with Crippen LogP contribution in [0.5, 0.6) is 11.5 Å². The standard InChI is InChI=1S/C48H58F2N10O5/c1-28-44(61)53-51-42-22-64-39-17-33(30-13-15-48(49,50)16-14-30)35(19-37(39)59(28)42)56(6)47(4)26-58(27-47)21-41(63-8)32-12-10-9-11-31(32)34-18-40-38(20-36(34)57(7)46(3)24-55(5)25-46)60-29(2)45(62)54-52-43(60)23-65-40/h9-13,17-20,28-29,41H,14-16,21-27H2,1-8H3,(H,53,61)(H,54,62)/t28-,29-,41?/m1/s1. The molecule has 2 saturated heterocycles. The fourth-order valence-corrected chi connectivity index (χ4v) is 10.9. The van der Waals surface area contributed by atoms with Gasteiger partial charge in [-0.05, 0) is 82.1 Å². The molecule has 6 aliphatic heterocycles. The van der Waals surface area contributed by atoms with Crippen LogP contribution in [0.2, 0.25) is 0 Å². The Morgan fingerprint density at radius 1 is 0.815 bits per heavy atom. The first-order chi connectivity index (χ1) is 31.0. The van der Waals surface area contributed by atoms with Crippen LogP contribution in [0.1, 0.15) is 64.2 Å². The van der Waals surface area contributed by atoms with Gasteiger partial charge in [-0.25, -0.2) is 19.6 Å². The molecule has 2 amide bonds. The molecular formula is C48H58F2N10O5. The fourth-order valence-electron chi connectivity index (χ4n) is 10.9. The minimum Gasteiger partial charge on any atom is -0.483 e. The number of rotatable bonds is 10. The first-order valence-electron chi connectivity index (χ1n) is 22.5. The Bertz CT molecular complexity index is 2550. The van der Waals surface area contributed by atoms with Gasteiger partial charge in [0.25, 0.3) is 17.7 Å². The molecule has 1 unspecified atom stereocenters. The van der Waals surface area contributed by atoms with Crippen LogP contribution >= 0.6 is 0 Å². The number of amides is 2. The first-order valence-corrected chi connectivity index (χ1v) is 22.5. The zero-order valence-electron chi connectivity index (χ0n) is 38.4. The zero-order valence-corrected chi connectivity index (χ0v) is 38.4. The van der Waals surface area contributed by atoms with E-state index in [4.69, 9.17) is 14.2 Å². The number of anilines is 4. The Hall–Kier alpha value is -5.78. The van der Waals surface area contributed by atoms with Crippen molar-refractivity contribution in [1.82, 2.24) is 20.7 Å². The molecule has 65 heavy (non-hydrogen) atoms. The van der Waals surface area contributed by atoms with Crippen molar-refractivity contribution in [2.75, 3.05) is 93.8 Å². The van der Waals surface area contributed by atoms with Gasteiger partial charge in [-0.3, -0.25) is 14.5 Å². The Balaban J connectivity index is 0.957. The van der Waals surface area contributed by atoms with Gasteiger partial charge in [-0.2, -0.15) is 10.2 Å². The number of benzene rings is 3. The molecule has 17 heteroatoms. The molecule has 3 aromatic rings. The number of allylic oxidation sites excluding steroid dienone is 2. The number of halogens is 2. The van der Waals surface area contributed by atoms with E-state index in [1.165, 1.54) is 0 Å². The molecule has 0 spiro atoms. The van der Waals surface area contributed by atoms with E-state index in [0.717, 1.165) is 63.7 Å². The number of ether oxygens (including phenoxy) is 3. The van der Waals surface area contributed by atoms with Gasteiger partial charge in [-0.1, -0.05) is 30.3 Å². The van der Waals surface area contributed by atoms with E-state index in [9.17, 15) is 18.4 Å². The summed E-state index contributed by atoms with van der Waals surface area (Å²) in [5.74, 6) is -0.568. The lowest BCUT2D eigenvalue weighted by atomic mass is 9.85. The molecule has 6 heterocycles. The second-order valence-electron chi connectivity index (χ2n) is 19.4. The van der Waals surface area contributed by atoms with Crippen molar-refractivity contribution in [1.29, 1.82) is 0 Å².